The summed E-state index contributed by atoms with van der Waals surface area (Å²) in [6.45, 7) is 0. The first kappa shape index (κ1) is 14.9. The number of hydrogen-bond donors (Lipinski definition) is 2. The van der Waals surface area contributed by atoms with Crippen LogP contribution in [-0.2, 0) is 0 Å². The van der Waals surface area contributed by atoms with Crippen LogP contribution >= 0.6 is 11.3 Å². The number of thiazole rings is 1. The number of methoxy groups -OCH3 is 1. The van der Waals surface area contributed by atoms with Crippen molar-refractivity contribution in [2.75, 3.05) is 12.4 Å². The molecule has 116 valence electrons. The fourth-order valence-electron chi connectivity index (χ4n) is 1.88. The standard InChI is InChI=1S/C15H12N4O3S/c1-22-13-7-17-10(6-12(13)20)14(21)19-15-18-11(8-23-15)9-4-2-3-5-16-9/h2-8H,1H3,(H,17,20)(H,18,19,21). The normalized spacial score (nSPS) is 10.3. The maximum atomic E-state index is 12.1. The van der Waals surface area contributed by atoms with Gasteiger partial charge >= 0.3 is 0 Å². The van der Waals surface area contributed by atoms with Crippen molar-refractivity contribution < 1.29 is 9.53 Å². The van der Waals surface area contributed by atoms with Crippen molar-refractivity contribution in [3.8, 4) is 17.1 Å². The Kier molecular flexibility index (Phi) is 4.15. The zero-order valence-corrected chi connectivity index (χ0v) is 12.9. The molecular weight excluding hydrogens is 316 g/mol. The second kappa shape index (κ2) is 6.41. The highest BCUT2D eigenvalue weighted by molar-refractivity contribution is 7.14. The summed E-state index contributed by atoms with van der Waals surface area (Å²) in [6.07, 6.45) is 3.02. The molecule has 0 aliphatic carbocycles. The van der Waals surface area contributed by atoms with Gasteiger partial charge in [-0.05, 0) is 12.1 Å². The number of carbonyl (C=O) groups excluding carboxylic acids is 1. The van der Waals surface area contributed by atoms with E-state index in [-0.39, 0.29) is 16.9 Å². The third kappa shape index (κ3) is 3.27. The second-order valence-corrected chi connectivity index (χ2v) is 5.34. The number of hydrogen-bond acceptors (Lipinski definition) is 6. The molecule has 23 heavy (non-hydrogen) atoms. The van der Waals surface area contributed by atoms with Crippen LogP contribution in [0, 0.1) is 0 Å². The van der Waals surface area contributed by atoms with Gasteiger partial charge in [-0.1, -0.05) is 6.07 Å². The van der Waals surface area contributed by atoms with Crippen LogP contribution in [0.5, 0.6) is 5.75 Å². The van der Waals surface area contributed by atoms with Crippen molar-refractivity contribution in [2.45, 2.75) is 0 Å². The van der Waals surface area contributed by atoms with Gasteiger partial charge in [0.25, 0.3) is 5.91 Å². The third-order valence-corrected chi connectivity index (χ3v) is 3.75. The Hall–Kier alpha value is -3.00. The highest BCUT2D eigenvalue weighted by Gasteiger charge is 2.12. The van der Waals surface area contributed by atoms with Crippen molar-refractivity contribution in [2.24, 2.45) is 0 Å². The number of amides is 1. The van der Waals surface area contributed by atoms with E-state index in [0.29, 0.717) is 10.8 Å². The molecule has 3 rings (SSSR count). The van der Waals surface area contributed by atoms with Crippen LogP contribution in [0.25, 0.3) is 11.4 Å². The molecule has 0 aliphatic heterocycles. The molecule has 0 aromatic carbocycles. The number of aromatic nitrogens is 3. The fourth-order valence-corrected chi connectivity index (χ4v) is 2.58. The van der Waals surface area contributed by atoms with Gasteiger partial charge in [-0.2, -0.15) is 0 Å². The maximum absolute atomic E-state index is 12.1. The first-order valence-electron chi connectivity index (χ1n) is 6.62. The predicted octanol–water partition coefficient (Wildman–Crippen LogP) is 2.15. The maximum Gasteiger partial charge on any atom is 0.273 e. The quantitative estimate of drug-likeness (QED) is 0.765. The summed E-state index contributed by atoms with van der Waals surface area (Å²) in [4.78, 5) is 35.0. The number of pyridine rings is 2. The lowest BCUT2D eigenvalue weighted by Gasteiger charge is -2.03. The van der Waals surface area contributed by atoms with Gasteiger partial charge in [-0.25, -0.2) is 4.98 Å². The molecule has 0 saturated heterocycles. The molecule has 3 aromatic rings. The monoisotopic (exact) mass is 328 g/mol. The predicted molar refractivity (Wildman–Crippen MR) is 86.9 cm³/mol. The first-order valence-corrected chi connectivity index (χ1v) is 7.50. The Labute approximate surface area is 135 Å². The van der Waals surface area contributed by atoms with Crippen LogP contribution in [-0.4, -0.2) is 28.0 Å². The van der Waals surface area contributed by atoms with Crippen LogP contribution in [0.3, 0.4) is 0 Å². The molecule has 0 radical (unpaired) electrons. The summed E-state index contributed by atoms with van der Waals surface area (Å²) < 4.78 is 4.86. The number of nitrogens with one attached hydrogen (secondary N) is 2. The van der Waals surface area contributed by atoms with Gasteiger partial charge in [-0.15, -0.1) is 11.3 Å². The Morgan fingerprint density at radius 3 is 2.91 bits per heavy atom. The molecule has 0 bridgehead atoms. The number of nitrogens with zero attached hydrogens (tertiary/aromatic N) is 2. The Morgan fingerprint density at radius 2 is 2.22 bits per heavy atom. The summed E-state index contributed by atoms with van der Waals surface area (Å²) in [5.74, 6) is -0.306. The SMILES string of the molecule is COc1c[nH]c(C(=O)Nc2nc(-c3ccccn3)cs2)cc1=O. The molecule has 0 saturated carbocycles. The van der Waals surface area contributed by atoms with Crippen LogP contribution < -0.4 is 15.5 Å². The average Bonchev–Trinajstić information content (AvgIpc) is 3.04. The number of ether oxygens (including phenoxy) is 1. The molecule has 3 aromatic heterocycles. The minimum absolute atomic E-state index is 0.130. The molecular formula is C15H12N4O3S. The summed E-state index contributed by atoms with van der Waals surface area (Å²) in [7, 11) is 1.39. The molecule has 0 spiro atoms. The number of H-pyrrole nitrogens is 1. The Morgan fingerprint density at radius 1 is 1.35 bits per heavy atom. The van der Waals surface area contributed by atoms with Crippen LogP contribution in [0.2, 0.25) is 0 Å². The molecule has 0 unspecified atom stereocenters. The van der Waals surface area contributed by atoms with Crippen molar-refractivity contribution in [1.82, 2.24) is 15.0 Å². The van der Waals surface area contributed by atoms with Crippen molar-refractivity contribution >= 4 is 22.4 Å². The average molecular weight is 328 g/mol. The van der Waals surface area contributed by atoms with Crippen molar-refractivity contribution in [1.29, 1.82) is 0 Å². The summed E-state index contributed by atoms with van der Waals surface area (Å²) in [6, 6.07) is 6.70. The number of aromatic amines is 1. The van der Waals surface area contributed by atoms with E-state index in [1.165, 1.54) is 30.7 Å². The van der Waals surface area contributed by atoms with E-state index < -0.39 is 5.91 Å². The minimum Gasteiger partial charge on any atom is -0.491 e. The van der Waals surface area contributed by atoms with Gasteiger partial charge in [0.05, 0.1) is 12.8 Å². The lowest BCUT2D eigenvalue weighted by Crippen LogP contribution is -2.17. The first-order chi connectivity index (χ1) is 11.2. The Balaban J connectivity index is 1.77. The van der Waals surface area contributed by atoms with E-state index in [2.05, 4.69) is 20.3 Å². The zero-order valence-electron chi connectivity index (χ0n) is 12.1. The van der Waals surface area contributed by atoms with Crippen LogP contribution in [0.4, 0.5) is 5.13 Å². The molecule has 7 nitrogen and oxygen atoms in total. The summed E-state index contributed by atoms with van der Waals surface area (Å²) >= 11 is 1.28. The molecule has 2 N–H and O–H groups in total. The van der Waals surface area contributed by atoms with E-state index in [9.17, 15) is 9.59 Å². The van der Waals surface area contributed by atoms with Crippen LogP contribution in [0.15, 0.2) is 46.8 Å². The van der Waals surface area contributed by atoms with Gasteiger partial charge in [0.15, 0.2) is 10.9 Å². The zero-order chi connectivity index (χ0) is 16.2. The Bertz CT molecular complexity index is 889. The summed E-state index contributed by atoms with van der Waals surface area (Å²) in [5, 5.41) is 4.87. The third-order valence-electron chi connectivity index (χ3n) is 2.99. The van der Waals surface area contributed by atoms with Crippen molar-refractivity contribution in [3.05, 3.63) is 58.0 Å². The van der Waals surface area contributed by atoms with E-state index in [1.54, 1.807) is 11.6 Å². The fraction of sp³-hybridized carbons (Fsp3) is 0.0667. The summed E-state index contributed by atoms with van der Waals surface area (Å²) in [5.41, 5.74) is 1.16. The molecule has 1 amide bonds. The largest absolute Gasteiger partial charge is 0.491 e. The van der Waals surface area contributed by atoms with Gasteiger partial charge in [0, 0.05) is 23.8 Å². The van der Waals surface area contributed by atoms with E-state index >= 15 is 0 Å². The number of carbonyl (C=O) groups is 1. The van der Waals surface area contributed by atoms with Gasteiger partial charge in [0.2, 0.25) is 5.43 Å². The van der Waals surface area contributed by atoms with Gasteiger partial charge < -0.3 is 9.72 Å². The van der Waals surface area contributed by atoms with Gasteiger partial charge in [-0.3, -0.25) is 19.9 Å². The smallest absolute Gasteiger partial charge is 0.273 e. The lowest BCUT2D eigenvalue weighted by atomic mass is 10.3. The minimum atomic E-state index is -0.452. The van der Waals surface area contributed by atoms with E-state index in [0.717, 1.165) is 5.69 Å². The molecule has 0 atom stereocenters. The van der Waals surface area contributed by atoms with Gasteiger partial charge in [0.1, 0.15) is 11.4 Å². The molecule has 8 heteroatoms. The molecule has 0 fully saturated rings. The second-order valence-electron chi connectivity index (χ2n) is 4.49. The number of rotatable bonds is 4. The van der Waals surface area contributed by atoms with E-state index in [4.69, 9.17) is 4.74 Å². The van der Waals surface area contributed by atoms with E-state index in [1.807, 2.05) is 18.2 Å². The molecule has 0 aliphatic rings. The lowest BCUT2D eigenvalue weighted by molar-refractivity contribution is 0.102. The topological polar surface area (TPSA) is 97.0 Å². The highest BCUT2D eigenvalue weighted by atomic mass is 32.1. The number of anilines is 1. The van der Waals surface area contributed by atoms with Crippen molar-refractivity contribution in [3.63, 3.8) is 0 Å². The van der Waals surface area contributed by atoms with Crippen LogP contribution in [0.1, 0.15) is 10.5 Å². The highest BCUT2D eigenvalue weighted by Crippen LogP contribution is 2.23. The molecule has 3 heterocycles.